The number of likely N-dealkylation sites (tertiary alicyclic amines) is 2. The lowest BCUT2D eigenvalue weighted by Crippen LogP contribution is -2.42. The van der Waals surface area contributed by atoms with Crippen LogP contribution in [0.4, 0.5) is 0 Å². The maximum Gasteiger partial charge on any atom is 0.232 e. The zero-order valence-electron chi connectivity index (χ0n) is 13.4. The van der Waals surface area contributed by atoms with E-state index in [1.54, 1.807) is 6.08 Å². The van der Waals surface area contributed by atoms with Crippen LogP contribution in [0.2, 0.25) is 0 Å². The van der Waals surface area contributed by atoms with Crippen molar-refractivity contribution in [3.8, 4) is 0 Å². The first-order valence-corrected chi connectivity index (χ1v) is 8.24. The van der Waals surface area contributed by atoms with E-state index in [0.717, 1.165) is 51.7 Å². The van der Waals surface area contributed by atoms with Crippen LogP contribution >= 0.6 is 0 Å². The summed E-state index contributed by atoms with van der Waals surface area (Å²) in [7, 11) is 0. The van der Waals surface area contributed by atoms with Crippen molar-refractivity contribution in [2.45, 2.75) is 58.4 Å². The van der Waals surface area contributed by atoms with E-state index in [0.29, 0.717) is 18.4 Å². The summed E-state index contributed by atoms with van der Waals surface area (Å²) in [4.78, 5) is 28.6. The molecule has 0 bridgehead atoms. The summed E-state index contributed by atoms with van der Waals surface area (Å²) >= 11 is 0. The molecule has 0 spiro atoms. The van der Waals surface area contributed by atoms with Gasteiger partial charge in [0.2, 0.25) is 11.8 Å². The van der Waals surface area contributed by atoms with Crippen molar-refractivity contribution in [1.29, 1.82) is 0 Å². The fourth-order valence-electron chi connectivity index (χ4n) is 3.39. The number of carbonyl (C=O) groups excluding carboxylic acids is 2. The normalized spacial score (nSPS) is 26.4. The largest absolute Gasteiger partial charge is 0.342 e. The molecule has 4 nitrogen and oxygen atoms in total. The summed E-state index contributed by atoms with van der Waals surface area (Å²) < 4.78 is 0. The van der Waals surface area contributed by atoms with Crippen LogP contribution in [0.3, 0.4) is 0 Å². The van der Waals surface area contributed by atoms with Crippen LogP contribution in [-0.2, 0) is 9.59 Å². The van der Waals surface area contributed by atoms with E-state index in [1.165, 1.54) is 0 Å². The quantitative estimate of drug-likeness (QED) is 0.747. The molecule has 0 aromatic rings. The molecule has 2 fully saturated rings. The molecule has 0 radical (unpaired) electrons. The predicted octanol–water partition coefficient (Wildman–Crippen LogP) is 2.59. The van der Waals surface area contributed by atoms with E-state index in [2.05, 4.69) is 6.58 Å². The van der Waals surface area contributed by atoms with Crippen molar-refractivity contribution in [3.63, 3.8) is 0 Å². The van der Waals surface area contributed by atoms with Crippen molar-refractivity contribution in [3.05, 3.63) is 12.7 Å². The van der Waals surface area contributed by atoms with Gasteiger partial charge in [0.05, 0.1) is 5.41 Å². The Morgan fingerprint density at radius 1 is 1.33 bits per heavy atom. The van der Waals surface area contributed by atoms with Crippen molar-refractivity contribution in [2.24, 2.45) is 5.41 Å². The minimum absolute atomic E-state index is 0.188. The minimum Gasteiger partial charge on any atom is -0.342 e. The summed E-state index contributed by atoms with van der Waals surface area (Å²) in [5.74, 6) is 0.484. The van der Waals surface area contributed by atoms with Gasteiger partial charge < -0.3 is 9.80 Å². The number of hydrogen-bond donors (Lipinski definition) is 0. The van der Waals surface area contributed by atoms with Crippen LogP contribution in [-0.4, -0.2) is 47.3 Å². The van der Waals surface area contributed by atoms with E-state index in [1.807, 2.05) is 23.6 Å². The Bertz CT molecular complexity index is 421. The summed E-state index contributed by atoms with van der Waals surface area (Å²) in [6.07, 6.45) is 7.16. The monoisotopic (exact) mass is 292 g/mol. The predicted molar refractivity (Wildman–Crippen MR) is 83.8 cm³/mol. The van der Waals surface area contributed by atoms with E-state index < -0.39 is 5.41 Å². The first-order chi connectivity index (χ1) is 10.0. The van der Waals surface area contributed by atoms with Crippen LogP contribution in [0.1, 0.15) is 52.4 Å². The fourth-order valence-corrected chi connectivity index (χ4v) is 3.39. The van der Waals surface area contributed by atoms with Gasteiger partial charge in [0.1, 0.15) is 0 Å². The highest BCUT2D eigenvalue weighted by Crippen LogP contribution is 2.28. The summed E-state index contributed by atoms with van der Waals surface area (Å²) in [6, 6.07) is 0.328. The maximum absolute atomic E-state index is 12.7. The molecule has 0 aromatic carbocycles. The van der Waals surface area contributed by atoms with Gasteiger partial charge in [0.25, 0.3) is 0 Å². The fraction of sp³-hybridized carbons (Fsp3) is 0.765. The Labute approximate surface area is 128 Å². The van der Waals surface area contributed by atoms with Gasteiger partial charge >= 0.3 is 0 Å². The second-order valence-electron chi connectivity index (χ2n) is 6.54. The van der Waals surface area contributed by atoms with Gasteiger partial charge in [-0.3, -0.25) is 9.59 Å². The number of hydrogen-bond acceptors (Lipinski definition) is 2. The van der Waals surface area contributed by atoms with Crippen molar-refractivity contribution >= 4 is 11.8 Å². The van der Waals surface area contributed by atoms with Crippen LogP contribution in [0.25, 0.3) is 0 Å². The molecule has 0 N–H and O–H groups in total. The zero-order valence-corrected chi connectivity index (χ0v) is 13.4. The highest BCUT2D eigenvalue weighted by molar-refractivity contribution is 5.84. The lowest BCUT2D eigenvalue weighted by Gasteiger charge is -2.31. The van der Waals surface area contributed by atoms with Crippen LogP contribution in [0.15, 0.2) is 12.7 Å². The average Bonchev–Trinajstić information content (AvgIpc) is 2.78. The Morgan fingerprint density at radius 3 is 2.67 bits per heavy atom. The van der Waals surface area contributed by atoms with Crippen molar-refractivity contribution in [2.75, 3.05) is 19.6 Å². The molecule has 2 rings (SSSR count). The molecular formula is C17H28N2O2. The maximum atomic E-state index is 12.7. The third-order valence-corrected chi connectivity index (χ3v) is 5.21. The number of carbonyl (C=O) groups is 2. The number of nitrogens with zero attached hydrogens (tertiary/aromatic N) is 2. The van der Waals surface area contributed by atoms with Gasteiger partial charge in [0.15, 0.2) is 0 Å². The zero-order chi connectivity index (χ0) is 15.5. The Morgan fingerprint density at radius 2 is 2.10 bits per heavy atom. The van der Waals surface area contributed by atoms with Gasteiger partial charge in [-0.25, -0.2) is 0 Å². The third kappa shape index (κ3) is 3.30. The van der Waals surface area contributed by atoms with Crippen molar-refractivity contribution < 1.29 is 9.59 Å². The number of rotatable bonds is 4. The minimum atomic E-state index is -0.455. The lowest BCUT2D eigenvalue weighted by atomic mass is 9.86. The van der Waals surface area contributed by atoms with Gasteiger partial charge in [0, 0.05) is 32.1 Å². The van der Waals surface area contributed by atoms with Gasteiger partial charge in [-0.15, -0.1) is 6.58 Å². The molecule has 2 atom stereocenters. The molecule has 2 aliphatic heterocycles. The van der Waals surface area contributed by atoms with Crippen LogP contribution in [0, 0.1) is 5.41 Å². The number of amides is 2. The molecular weight excluding hydrogens is 264 g/mol. The molecule has 0 saturated carbocycles. The Balaban J connectivity index is 1.99. The Kier molecular flexibility index (Phi) is 5.07. The molecule has 0 aromatic heterocycles. The third-order valence-electron chi connectivity index (χ3n) is 5.21. The SMILES string of the molecule is C=CC(C)(CC)C(=O)N1CCCC(N2CCCC2=O)CC1. The second-order valence-corrected chi connectivity index (χ2v) is 6.54. The van der Waals surface area contributed by atoms with Crippen LogP contribution in [0.5, 0.6) is 0 Å². The van der Waals surface area contributed by atoms with Gasteiger partial charge in [-0.2, -0.15) is 0 Å². The summed E-state index contributed by atoms with van der Waals surface area (Å²) in [5.41, 5.74) is -0.455. The molecule has 21 heavy (non-hydrogen) atoms. The summed E-state index contributed by atoms with van der Waals surface area (Å²) in [6.45, 7) is 10.3. The molecule has 2 aliphatic rings. The van der Waals surface area contributed by atoms with E-state index >= 15 is 0 Å². The van der Waals surface area contributed by atoms with E-state index in [4.69, 9.17) is 0 Å². The highest BCUT2D eigenvalue weighted by atomic mass is 16.2. The molecule has 118 valence electrons. The van der Waals surface area contributed by atoms with E-state index in [9.17, 15) is 9.59 Å². The second kappa shape index (κ2) is 6.63. The first kappa shape index (κ1) is 16.1. The standard InChI is InChI=1S/C17H28N2O2/c1-4-17(3,5-2)16(21)18-11-6-8-14(10-13-18)19-12-7-9-15(19)20/h4,14H,1,5-13H2,2-3H3. The highest BCUT2D eigenvalue weighted by Gasteiger charge is 2.35. The topological polar surface area (TPSA) is 40.6 Å². The molecule has 2 heterocycles. The molecule has 2 amide bonds. The smallest absolute Gasteiger partial charge is 0.232 e. The van der Waals surface area contributed by atoms with Gasteiger partial charge in [-0.05, 0) is 39.0 Å². The summed E-state index contributed by atoms with van der Waals surface area (Å²) in [5, 5.41) is 0. The molecule has 2 unspecified atom stereocenters. The van der Waals surface area contributed by atoms with Gasteiger partial charge in [-0.1, -0.05) is 13.0 Å². The van der Waals surface area contributed by atoms with E-state index in [-0.39, 0.29) is 5.91 Å². The lowest BCUT2D eigenvalue weighted by molar-refractivity contribution is -0.138. The van der Waals surface area contributed by atoms with Crippen LogP contribution < -0.4 is 0 Å². The first-order valence-electron chi connectivity index (χ1n) is 8.24. The molecule has 0 aliphatic carbocycles. The average molecular weight is 292 g/mol. The molecule has 4 heteroatoms. The Hall–Kier alpha value is -1.32. The molecule has 2 saturated heterocycles. The van der Waals surface area contributed by atoms with Crippen molar-refractivity contribution in [1.82, 2.24) is 9.80 Å².